The van der Waals surface area contributed by atoms with Gasteiger partial charge in [-0.15, -0.1) is 0 Å². The Morgan fingerprint density at radius 3 is 1.98 bits per heavy atom. The van der Waals surface area contributed by atoms with E-state index >= 15 is 0 Å². The molecule has 0 saturated carbocycles. The molecule has 4 aromatic carbocycles. The van der Waals surface area contributed by atoms with Gasteiger partial charge >= 0.3 is 0 Å². The van der Waals surface area contributed by atoms with E-state index in [1.807, 2.05) is 88.4 Å². The van der Waals surface area contributed by atoms with E-state index in [0.717, 1.165) is 15.4 Å². The van der Waals surface area contributed by atoms with E-state index in [9.17, 15) is 18.0 Å². The van der Waals surface area contributed by atoms with E-state index in [4.69, 9.17) is 4.74 Å². The fourth-order valence-electron chi connectivity index (χ4n) is 4.99. The van der Waals surface area contributed by atoms with Crippen LogP contribution in [0.1, 0.15) is 38.3 Å². The van der Waals surface area contributed by atoms with Crippen molar-refractivity contribution >= 4 is 27.5 Å². The van der Waals surface area contributed by atoms with Gasteiger partial charge in [0.25, 0.3) is 10.0 Å². The number of benzene rings is 4. The Balaban J connectivity index is 1.68. The maximum atomic E-state index is 14.2. The molecule has 8 nitrogen and oxygen atoms in total. The summed E-state index contributed by atoms with van der Waals surface area (Å²) in [6.07, 6.45) is 0.886. The molecule has 0 heterocycles. The van der Waals surface area contributed by atoms with Crippen LogP contribution in [0.25, 0.3) is 0 Å². The minimum Gasteiger partial charge on any atom is -0.457 e. The van der Waals surface area contributed by atoms with Gasteiger partial charge in [-0.05, 0) is 79.8 Å². The number of sulfonamides is 1. The number of amides is 2. The first-order valence-electron chi connectivity index (χ1n) is 15.6. The summed E-state index contributed by atoms with van der Waals surface area (Å²) in [7, 11) is -4.17. The lowest BCUT2D eigenvalue weighted by molar-refractivity contribution is -0.139. The third-order valence-electron chi connectivity index (χ3n) is 7.55. The van der Waals surface area contributed by atoms with Crippen LogP contribution in [0.3, 0.4) is 0 Å². The van der Waals surface area contributed by atoms with Crippen molar-refractivity contribution in [3.8, 4) is 11.5 Å². The zero-order valence-electron chi connectivity index (χ0n) is 26.9. The summed E-state index contributed by atoms with van der Waals surface area (Å²) in [6, 6.07) is 31.3. The quantitative estimate of drug-likeness (QED) is 0.158. The second kappa shape index (κ2) is 16.1. The minimum atomic E-state index is -4.17. The van der Waals surface area contributed by atoms with Crippen molar-refractivity contribution in [3.05, 3.63) is 120 Å². The number of aryl methyl sites for hydroxylation is 1. The highest BCUT2D eigenvalue weighted by Gasteiger charge is 2.33. The second-order valence-electron chi connectivity index (χ2n) is 11.6. The Labute approximate surface area is 273 Å². The summed E-state index contributed by atoms with van der Waals surface area (Å²) in [5, 5.41) is 2.96. The molecule has 0 unspecified atom stereocenters. The molecule has 1 N–H and O–H groups in total. The summed E-state index contributed by atoms with van der Waals surface area (Å²) in [5.41, 5.74) is 2.22. The van der Waals surface area contributed by atoms with Crippen LogP contribution >= 0.6 is 0 Å². The number of nitrogens with one attached hydrogen (secondary N) is 1. The van der Waals surface area contributed by atoms with Gasteiger partial charge in [0.05, 0.1) is 10.6 Å². The van der Waals surface area contributed by atoms with Crippen molar-refractivity contribution in [2.24, 2.45) is 5.92 Å². The van der Waals surface area contributed by atoms with Crippen LogP contribution in [0.5, 0.6) is 11.5 Å². The molecule has 0 fully saturated rings. The predicted octanol–water partition coefficient (Wildman–Crippen LogP) is 6.60. The van der Waals surface area contributed by atoms with Gasteiger partial charge in [0.1, 0.15) is 24.1 Å². The van der Waals surface area contributed by atoms with Crippen LogP contribution in [-0.2, 0) is 26.0 Å². The van der Waals surface area contributed by atoms with Crippen LogP contribution in [0.4, 0.5) is 5.69 Å². The molecule has 0 aliphatic carbocycles. The lowest BCUT2D eigenvalue weighted by Crippen LogP contribution is -2.53. The van der Waals surface area contributed by atoms with Gasteiger partial charge in [-0.25, -0.2) is 8.42 Å². The van der Waals surface area contributed by atoms with Crippen molar-refractivity contribution in [3.63, 3.8) is 0 Å². The molecule has 0 aromatic heterocycles. The van der Waals surface area contributed by atoms with Gasteiger partial charge in [-0.2, -0.15) is 0 Å². The monoisotopic (exact) mass is 641 g/mol. The number of anilines is 1. The molecule has 1 atom stereocenters. The molecule has 2 amide bonds. The van der Waals surface area contributed by atoms with E-state index in [1.54, 1.807) is 36.4 Å². The third-order valence-corrected chi connectivity index (χ3v) is 9.33. The van der Waals surface area contributed by atoms with Gasteiger partial charge in [0.2, 0.25) is 11.8 Å². The fourth-order valence-corrected chi connectivity index (χ4v) is 6.40. The maximum Gasteiger partial charge on any atom is 0.264 e. The Morgan fingerprint density at radius 2 is 1.39 bits per heavy atom. The normalized spacial score (nSPS) is 11.9. The van der Waals surface area contributed by atoms with E-state index in [0.29, 0.717) is 36.6 Å². The number of nitrogens with zero attached hydrogens (tertiary/aromatic N) is 2. The van der Waals surface area contributed by atoms with Gasteiger partial charge in [0.15, 0.2) is 0 Å². The molecular formula is C37H43N3O5S. The standard InChI is InChI=1S/C37H43N3O5S/c1-5-35(37(42)38-26-28(2)3)39(25-24-30-12-8-6-9-13-30)36(41)27-40(46(43,44)34-22-16-29(4)17-23-34)31-18-20-33(21-19-31)45-32-14-10-7-11-15-32/h6-23,28,35H,5,24-27H2,1-4H3,(H,38,42)/t35-/m0/s1. The molecule has 0 radical (unpaired) electrons. The SMILES string of the molecule is CC[C@@H](C(=O)NCC(C)C)N(CCc1ccccc1)C(=O)CN(c1ccc(Oc2ccccc2)cc1)S(=O)(=O)c1ccc(C)cc1. The number of para-hydroxylation sites is 1. The fraction of sp³-hybridized carbons (Fsp3) is 0.297. The Hall–Kier alpha value is -4.63. The largest absolute Gasteiger partial charge is 0.457 e. The first-order valence-corrected chi connectivity index (χ1v) is 17.1. The molecule has 4 aromatic rings. The third kappa shape index (κ3) is 9.20. The zero-order valence-corrected chi connectivity index (χ0v) is 27.7. The van der Waals surface area contributed by atoms with Crippen molar-refractivity contribution in [2.45, 2.75) is 51.5 Å². The molecule has 0 aliphatic heterocycles. The number of hydrogen-bond donors (Lipinski definition) is 1. The van der Waals surface area contributed by atoms with E-state index in [1.165, 1.54) is 17.0 Å². The molecule has 4 rings (SSSR count). The second-order valence-corrected chi connectivity index (χ2v) is 13.5. The lowest BCUT2D eigenvalue weighted by atomic mass is 10.1. The van der Waals surface area contributed by atoms with E-state index in [2.05, 4.69) is 5.32 Å². The van der Waals surface area contributed by atoms with Crippen molar-refractivity contribution < 1.29 is 22.7 Å². The molecule has 242 valence electrons. The average molecular weight is 642 g/mol. The molecule has 46 heavy (non-hydrogen) atoms. The topological polar surface area (TPSA) is 96.0 Å². The van der Waals surface area contributed by atoms with Gasteiger partial charge < -0.3 is 15.0 Å². The minimum absolute atomic E-state index is 0.0630. The van der Waals surface area contributed by atoms with Gasteiger partial charge in [-0.1, -0.05) is 87.0 Å². The highest BCUT2D eigenvalue weighted by Crippen LogP contribution is 2.28. The maximum absolute atomic E-state index is 14.2. The molecular weight excluding hydrogens is 598 g/mol. The molecule has 0 aliphatic rings. The van der Waals surface area contributed by atoms with E-state index < -0.39 is 28.5 Å². The van der Waals surface area contributed by atoms with Crippen molar-refractivity contribution in [2.75, 3.05) is 23.9 Å². The van der Waals surface area contributed by atoms with Crippen LogP contribution < -0.4 is 14.4 Å². The summed E-state index contributed by atoms with van der Waals surface area (Å²) in [5.74, 6) is 0.672. The summed E-state index contributed by atoms with van der Waals surface area (Å²) < 4.78 is 35.3. The predicted molar refractivity (Wildman–Crippen MR) is 182 cm³/mol. The molecule has 0 spiro atoms. The summed E-state index contributed by atoms with van der Waals surface area (Å²) >= 11 is 0. The Kier molecular flexibility index (Phi) is 12.0. The van der Waals surface area contributed by atoms with Crippen molar-refractivity contribution in [1.29, 1.82) is 0 Å². The van der Waals surface area contributed by atoms with Gasteiger partial charge in [-0.3, -0.25) is 13.9 Å². The molecule has 9 heteroatoms. The van der Waals surface area contributed by atoms with Crippen LogP contribution in [-0.4, -0.2) is 50.8 Å². The number of hydrogen-bond acceptors (Lipinski definition) is 5. The Bertz CT molecular complexity index is 1660. The average Bonchev–Trinajstić information content (AvgIpc) is 3.06. The van der Waals surface area contributed by atoms with E-state index in [-0.39, 0.29) is 23.3 Å². The smallest absolute Gasteiger partial charge is 0.264 e. The van der Waals surface area contributed by atoms with Crippen molar-refractivity contribution in [1.82, 2.24) is 10.2 Å². The number of ether oxygens (including phenoxy) is 1. The van der Waals surface area contributed by atoms with Crippen LogP contribution in [0.2, 0.25) is 0 Å². The van der Waals surface area contributed by atoms with Crippen LogP contribution in [0.15, 0.2) is 114 Å². The highest BCUT2D eigenvalue weighted by atomic mass is 32.2. The lowest BCUT2D eigenvalue weighted by Gasteiger charge is -2.33. The summed E-state index contributed by atoms with van der Waals surface area (Å²) in [4.78, 5) is 29.2. The zero-order chi connectivity index (χ0) is 33.1. The number of carbonyl (C=O) groups is 2. The first kappa shape index (κ1) is 34.2. The molecule has 0 saturated heterocycles. The van der Waals surface area contributed by atoms with Crippen LogP contribution in [0, 0.1) is 12.8 Å². The molecule has 0 bridgehead atoms. The number of rotatable bonds is 15. The highest BCUT2D eigenvalue weighted by molar-refractivity contribution is 7.92. The summed E-state index contributed by atoms with van der Waals surface area (Å²) in [6.45, 7) is 7.97. The Morgan fingerprint density at radius 1 is 0.804 bits per heavy atom. The number of carbonyl (C=O) groups excluding carboxylic acids is 2. The van der Waals surface area contributed by atoms with Gasteiger partial charge in [0, 0.05) is 13.1 Å². The first-order chi connectivity index (χ1) is 22.1.